The average Bonchev–Trinajstić information content (AvgIpc) is 3.11. The van der Waals surface area contributed by atoms with Crippen molar-refractivity contribution in [3.63, 3.8) is 0 Å². The number of ketones is 2. The zero-order valence-corrected chi connectivity index (χ0v) is 21.3. The SMILES string of the molecule is CC1(C)O[C@@H]2C[C@H]3[C@@H]4C[C@H](F)C5=CC(=O)C=C[C@]5(C)[C@@]4(F)[C@@H](O)C[C@]3(C)[C@]2(C(=O)C(Cl)Br)O1. The Hall–Kier alpha value is -0.670. The summed E-state index contributed by atoms with van der Waals surface area (Å²) in [5, 5.41) is 11.4. The summed E-state index contributed by atoms with van der Waals surface area (Å²) < 4.78 is 44.1. The Morgan fingerprint density at radius 3 is 2.58 bits per heavy atom. The molecule has 182 valence electrons. The lowest BCUT2D eigenvalue weighted by Gasteiger charge is -2.63. The van der Waals surface area contributed by atoms with Gasteiger partial charge in [0.05, 0.1) is 12.2 Å². The lowest BCUT2D eigenvalue weighted by molar-refractivity contribution is -0.248. The second-order valence-electron chi connectivity index (χ2n) is 11.1. The summed E-state index contributed by atoms with van der Waals surface area (Å²) in [6.45, 7) is 6.76. The van der Waals surface area contributed by atoms with Gasteiger partial charge in [-0.05, 0) is 63.7 Å². The second-order valence-corrected chi connectivity index (χ2v) is 13.0. The first-order chi connectivity index (χ1) is 15.1. The topological polar surface area (TPSA) is 72.8 Å². The molecule has 1 aliphatic heterocycles. The first-order valence-corrected chi connectivity index (χ1v) is 12.7. The summed E-state index contributed by atoms with van der Waals surface area (Å²) in [5.74, 6) is -3.34. The van der Waals surface area contributed by atoms with E-state index in [-0.39, 0.29) is 24.8 Å². The minimum atomic E-state index is -2.23. The van der Waals surface area contributed by atoms with Crippen molar-refractivity contribution in [1.29, 1.82) is 0 Å². The van der Waals surface area contributed by atoms with Gasteiger partial charge >= 0.3 is 0 Å². The van der Waals surface area contributed by atoms with E-state index in [0.717, 1.165) is 6.08 Å². The fourth-order valence-electron chi connectivity index (χ4n) is 7.90. The summed E-state index contributed by atoms with van der Waals surface area (Å²) in [6, 6.07) is 0. The number of hydrogen-bond acceptors (Lipinski definition) is 5. The van der Waals surface area contributed by atoms with Gasteiger partial charge in [0.1, 0.15) is 10.5 Å². The van der Waals surface area contributed by atoms with E-state index in [1.165, 1.54) is 12.2 Å². The molecule has 1 unspecified atom stereocenters. The molecule has 5 nitrogen and oxygen atoms in total. The Balaban J connectivity index is 1.67. The third-order valence-electron chi connectivity index (χ3n) is 9.19. The standard InChI is InChI=1S/C24H28BrClF2O5/c1-20(2)32-17-9-12-13-8-15(27)14-7-11(29)5-6-21(14,3)23(13,28)16(30)10-22(12,4)24(17,33-20)18(31)19(25)26/h5-7,12-13,15-17,19,30H,8-10H2,1-4H3/t12-,13-,15-,16-,17+,19?,21-,22-,23-,24-/m0/s1. The lowest BCUT2D eigenvalue weighted by atomic mass is 9.44. The van der Waals surface area contributed by atoms with Crippen LogP contribution in [0.25, 0.3) is 0 Å². The fourth-order valence-corrected chi connectivity index (χ4v) is 8.40. The lowest BCUT2D eigenvalue weighted by Crippen LogP contribution is -2.71. The van der Waals surface area contributed by atoms with Crippen LogP contribution in [0.2, 0.25) is 0 Å². The van der Waals surface area contributed by atoms with E-state index in [9.17, 15) is 14.7 Å². The molecule has 10 atom stereocenters. The summed E-state index contributed by atoms with van der Waals surface area (Å²) in [6.07, 6.45) is -0.00135. The van der Waals surface area contributed by atoms with Crippen LogP contribution in [-0.4, -0.2) is 56.4 Å². The summed E-state index contributed by atoms with van der Waals surface area (Å²) in [4.78, 5) is 25.5. The van der Waals surface area contributed by atoms with Crippen LogP contribution in [0.15, 0.2) is 23.8 Å². The van der Waals surface area contributed by atoms with Gasteiger partial charge in [0.15, 0.2) is 28.6 Å². The Morgan fingerprint density at radius 1 is 1.27 bits per heavy atom. The Labute approximate surface area is 205 Å². The molecule has 5 aliphatic rings. The average molecular weight is 550 g/mol. The number of carbonyl (C=O) groups excluding carboxylic acids is 2. The number of hydrogen-bond donors (Lipinski definition) is 1. The van der Waals surface area contributed by atoms with Gasteiger partial charge < -0.3 is 14.6 Å². The molecule has 0 radical (unpaired) electrons. The molecule has 0 aromatic heterocycles. The molecule has 9 heteroatoms. The van der Waals surface area contributed by atoms with Crippen LogP contribution >= 0.6 is 27.5 Å². The van der Waals surface area contributed by atoms with Crippen LogP contribution in [0, 0.1) is 22.7 Å². The number of aliphatic hydroxyl groups excluding tert-OH is 1. The molecular formula is C24H28BrClF2O5. The maximum atomic E-state index is 17.2. The highest BCUT2D eigenvalue weighted by molar-refractivity contribution is 9.10. The van der Waals surface area contributed by atoms with Gasteiger partial charge in [-0.3, -0.25) is 9.59 Å². The van der Waals surface area contributed by atoms with Crippen LogP contribution in [0.3, 0.4) is 0 Å². The summed E-state index contributed by atoms with van der Waals surface area (Å²) >= 11 is 9.35. The minimum Gasteiger partial charge on any atom is -0.390 e. The number of Topliss-reactive ketones (excluding diaryl/α,β-unsaturated/α-hetero) is 1. The maximum Gasteiger partial charge on any atom is 0.196 e. The van der Waals surface area contributed by atoms with Crippen LogP contribution in [0.1, 0.15) is 47.0 Å². The van der Waals surface area contributed by atoms with Crippen molar-refractivity contribution >= 4 is 39.1 Å². The van der Waals surface area contributed by atoms with Crippen molar-refractivity contribution in [2.45, 2.75) is 86.7 Å². The van der Waals surface area contributed by atoms with Gasteiger partial charge in [-0.25, -0.2) is 8.78 Å². The third-order valence-corrected chi connectivity index (χ3v) is 9.80. The molecule has 5 rings (SSSR count). The van der Waals surface area contributed by atoms with Crippen LogP contribution in [0.4, 0.5) is 8.78 Å². The van der Waals surface area contributed by atoms with Gasteiger partial charge in [-0.2, -0.15) is 0 Å². The van der Waals surface area contributed by atoms with E-state index in [1.54, 1.807) is 27.7 Å². The van der Waals surface area contributed by atoms with E-state index in [0.29, 0.717) is 0 Å². The molecule has 1 saturated heterocycles. The van der Waals surface area contributed by atoms with Crippen LogP contribution < -0.4 is 0 Å². The number of halogens is 4. The van der Waals surface area contributed by atoms with Gasteiger partial charge in [0, 0.05) is 16.7 Å². The highest BCUT2D eigenvalue weighted by Crippen LogP contribution is 2.72. The second kappa shape index (κ2) is 6.96. The number of aliphatic hydroxyl groups is 1. The number of ether oxygens (including phenoxy) is 2. The molecule has 0 aromatic carbocycles. The third kappa shape index (κ3) is 2.73. The predicted molar refractivity (Wildman–Crippen MR) is 120 cm³/mol. The van der Waals surface area contributed by atoms with Gasteiger partial charge in [0.25, 0.3) is 0 Å². The molecule has 33 heavy (non-hydrogen) atoms. The normalized spacial score (nSPS) is 52.9. The van der Waals surface area contributed by atoms with Crippen molar-refractivity contribution in [3.8, 4) is 0 Å². The van der Waals surface area contributed by atoms with Crippen LogP contribution in [0.5, 0.6) is 0 Å². The smallest absolute Gasteiger partial charge is 0.196 e. The fraction of sp³-hybridized carbons (Fsp3) is 0.750. The number of carbonyl (C=O) groups is 2. The predicted octanol–water partition coefficient (Wildman–Crippen LogP) is 4.33. The Kier molecular flexibility index (Phi) is 5.07. The van der Waals surface area contributed by atoms with Crippen molar-refractivity contribution in [3.05, 3.63) is 23.8 Å². The summed E-state index contributed by atoms with van der Waals surface area (Å²) in [5.41, 5.74) is -6.20. The van der Waals surface area contributed by atoms with Gasteiger partial charge in [0.2, 0.25) is 0 Å². The van der Waals surface area contributed by atoms with Gasteiger partial charge in [-0.15, -0.1) is 11.6 Å². The molecule has 0 bridgehead atoms. The van der Waals surface area contributed by atoms with E-state index in [2.05, 4.69) is 15.9 Å². The van der Waals surface area contributed by atoms with Crippen molar-refractivity contribution in [2.75, 3.05) is 0 Å². The molecule has 1 N–H and O–H groups in total. The number of fused-ring (bicyclic) bond motifs is 7. The number of alkyl halides is 4. The molecule has 4 fully saturated rings. The summed E-state index contributed by atoms with van der Waals surface area (Å²) in [7, 11) is 0. The van der Waals surface area contributed by atoms with Crippen molar-refractivity contribution < 1.29 is 33.0 Å². The highest BCUT2D eigenvalue weighted by Gasteiger charge is 2.81. The molecular weight excluding hydrogens is 522 g/mol. The molecule has 0 aromatic rings. The number of allylic oxidation sites excluding steroid dienone is 4. The quantitative estimate of drug-likeness (QED) is 0.519. The van der Waals surface area contributed by atoms with E-state index in [4.69, 9.17) is 21.1 Å². The zero-order valence-electron chi connectivity index (χ0n) is 18.9. The minimum absolute atomic E-state index is 0.0651. The van der Waals surface area contributed by atoms with Crippen molar-refractivity contribution in [1.82, 2.24) is 0 Å². The first kappa shape index (κ1) is 24.0. The van der Waals surface area contributed by atoms with Crippen LogP contribution in [-0.2, 0) is 19.1 Å². The monoisotopic (exact) mass is 548 g/mol. The highest BCUT2D eigenvalue weighted by atomic mass is 79.9. The van der Waals surface area contributed by atoms with E-state index < -0.39 is 74.0 Å². The molecule has 3 saturated carbocycles. The van der Waals surface area contributed by atoms with E-state index >= 15 is 8.78 Å². The van der Waals surface area contributed by atoms with Gasteiger partial charge in [-0.1, -0.05) is 28.9 Å². The largest absolute Gasteiger partial charge is 0.390 e. The Bertz CT molecular complexity index is 999. The molecule has 1 heterocycles. The molecule has 0 amide bonds. The molecule has 0 spiro atoms. The molecule has 4 aliphatic carbocycles. The van der Waals surface area contributed by atoms with Crippen molar-refractivity contribution in [2.24, 2.45) is 22.7 Å². The number of rotatable bonds is 2. The van der Waals surface area contributed by atoms with E-state index in [1.807, 2.05) is 0 Å². The Morgan fingerprint density at radius 2 is 1.94 bits per heavy atom. The first-order valence-electron chi connectivity index (χ1n) is 11.3. The maximum absolute atomic E-state index is 17.2. The zero-order chi connectivity index (χ0) is 24.4.